The fraction of sp³-hybridized carbons (Fsp3) is 0.875. The first-order valence-corrected chi connectivity index (χ1v) is 3.91. The highest BCUT2D eigenvalue weighted by molar-refractivity contribution is 5.93. The maximum Gasteiger partial charge on any atom is 0.183 e. The third-order valence-electron chi connectivity index (χ3n) is 2.12. The summed E-state index contributed by atoms with van der Waals surface area (Å²) in [5.41, 5.74) is 5.10. The Hall–Kier alpha value is -0.410. The van der Waals surface area contributed by atoms with Gasteiger partial charge in [-0.25, -0.2) is 0 Å². The third-order valence-corrected chi connectivity index (χ3v) is 2.12. The number of nitrogens with two attached hydrogens (primary N) is 1. The van der Waals surface area contributed by atoms with Gasteiger partial charge >= 0.3 is 0 Å². The van der Waals surface area contributed by atoms with E-state index in [-0.39, 0.29) is 17.7 Å². The van der Waals surface area contributed by atoms with E-state index in [2.05, 4.69) is 0 Å². The fourth-order valence-electron chi connectivity index (χ4n) is 0.906. The average Bonchev–Trinajstić information content (AvgIpc) is 2.66. The van der Waals surface area contributed by atoms with Crippen molar-refractivity contribution >= 4 is 5.78 Å². The summed E-state index contributed by atoms with van der Waals surface area (Å²) in [6.45, 7) is 6.20. The molecule has 0 aromatic rings. The van der Waals surface area contributed by atoms with E-state index < -0.39 is 5.60 Å². The molecule has 1 aliphatic heterocycles. The molecule has 1 saturated heterocycles. The monoisotopic (exact) mass is 157 g/mol. The second kappa shape index (κ2) is 2.57. The first kappa shape index (κ1) is 8.68. The van der Waals surface area contributed by atoms with Crippen LogP contribution in [0.1, 0.15) is 20.8 Å². The van der Waals surface area contributed by atoms with Crippen LogP contribution in [0.4, 0.5) is 0 Å². The Kier molecular flexibility index (Phi) is 2.03. The molecule has 3 nitrogen and oxygen atoms in total. The summed E-state index contributed by atoms with van der Waals surface area (Å²) in [5.74, 6) is 0.232. The van der Waals surface area contributed by atoms with Gasteiger partial charge in [-0.2, -0.15) is 0 Å². The number of carbonyl (C=O) groups is 1. The SMILES string of the molecule is CC(C)[C@H](N)C(=O)[C@@]1(C)CO1. The summed E-state index contributed by atoms with van der Waals surface area (Å²) in [6, 6.07) is -0.373. The molecule has 11 heavy (non-hydrogen) atoms. The minimum atomic E-state index is -0.552. The van der Waals surface area contributed by atoms with Crippen molar-refractivity contribution in [3.8, 4) is 0 Å². The van der Waals surface area contributed by atoms with Gasteiger partial charge in [-0.3, -0.25) is 4.79 Å². The largest absolute Gasteiger partial charge is 0.362 e. The van der Waals surface area contributed by atoms with E-state index in [0.717, 1.165) is 0 Å². The van der Waals surface area contributed by atoms with Crippen LogP contribution in [0.5, 0.6) is 0 Å². The predicted octanol–water partition coefficient (Wildman–Crippen LogP) is 0.328. The second-order valence-corrected chi connectivity index (χ2v) is 3.65. The van der Waals surface area contributed by atoms with Gasteiger partial charge in [-0.1, -0.05) is 13.8 Å². The summed E-state index contributed by atoms with van der Waals surface area (Å²) >= 11 is 0. The molecule has 64 valence electrons. The molecular weight excluding hydrogens is 142 g/mol. The zero-order valence-corrected chi connectivity index (χ0v) is 7.26. The Balaban J connectivity index is 2.54. The van der Waals surface area contributed by atoms with Crippen LogP contribution in [0.15, 0.2) is 0 Å². The van der Waals surface area contributed by atoms with Crippen molar-refractivity contribution in [3.63, 3.8) is 0 Å². The number of hydrogen-bond donors (Lipinski definition) is 1. The lowest BCUT2D eigenvalue weighted by molar-refractivity contribution is -0.125. The minimum absolute atomic E-state index is 0.0347. The van der Waals surface area contributed by atoms with Gasteiger partial charge in [0.15, 0.2) is 5.78 Å². The Morgan fingerprint density at radius 2 is 2.09 bits per heavy atom. The Morgan fingerprint density at radius 3 is 2.36 bits per heavy atom. The minimum Gasteiger partial charge on any atom is -0.362 e. The molecule has 0 spiro atoms. The standard InChI is InChI=1S/C8H15NO2/c1-5(2)6(9)7(10)8(3)4-11-8/h5-6H,4,9H2,1-3H3/t6-,8+/m0/s1. The van der Waals surface area contributed by atoms with Crippen molar-refractivity contribution in [2.75, 3.05) is 6.61 Å². The van der Waals surface area contributed by atoms with Gasteiger partial charge in [0.2, 0.25) is 0 Å². The van der Waals surface area contributed by atoms with Crippen LogP contribution in [0, 0.1) is 5.92 Å². The zero-order chi connectivity index (χ0) is 8.65. The molecule has 0 saturated carbocycles. The van der Waals surface area contributed by atoms with Gasteiger partial charge in [-0.15, -0.1) is 0 Å². The van der Waals surface area contributed by atoms with Crippen LogP contribution in [-0.2, 0) is 9.53 Å². The van der Waals surface area contributed by atoms with Crippen LogP contribution >= 0.6 is 0 Å². The number of epoxide rings is 1. The van der Waals surface area contributed by atoms with E-state index in [4.69, 9.17) is 10.5 Å². The van der Waals surface area contributed by atoms with E-state index in [1.807, 2.05) is 13.8 Å². The predicted molar refractivity (Wildman–Crippen MR) is 42.2 cm³/mol. The molecule has 2 atom stereocenters. The second-order valence-electron chi connectivity index (χ2n) is 3.65. The zero-order valence-electron chi connectivity index (χ0n) is 7.26. The van der Waals surface area contributed by atoms with Gasteiger partial charge in [0.05, 0.1) is 12.6 Å². The maximum atomic E-state index is 11.4. The molecule has 1 aliphatic rings. The first-order valence-electron chi connectivity index (χ1n) is 3.91. The van der Waals surface area contributed by atoms with Crippen molar-refractivity contribution in [1.82, 2.24) is 0 Å². The van der Waals surface area contributed by atoms with Gasteiger partial charge in [0.1, 0.15) is 5.60 Å². The van der Waals surface area contributed by atoms with Crippen LogP contribution in [0.3, 0.4) is 0 Å². The summed E-state index contributed by atoms with van der Waals surface area (Å²) < 4.78 is 5.00. The molecule has 0 aromatic carbocycles. The van der Waals surface area contributed by atoms with Crippen LogP contribution in [0.2, 0.25) is 0 Å². The molecule has 2 N–H and O–H groups in total. The average molecular weight is 157 g/mol. The number of ketones is 1. The van der Waals surface area contributed by atoms with Gasteiger partial charge in [0.25, 0.3) is 0 Å². The Bertz CT molecular complexity index is 173. The molecule has 0 aromatic heterocycles. The first-order chi connectivity index (χ1) is 4.97. The lowest BCUT2D eigenvalue weighted by Crippen LogP contribution is -2.42. The number of rotatable bonds is 3. The van der Waals surface area contributed by atoms with Crippen LogP contribution in [-0.4, -0.2) is 24.0 Å². The van der Waals surface area contributed by atoms with Crippen molar-refractivity contribution in [3.05, 3.63) is 0 Å². The van der Waals surface area contributed by atoms with E-state index in [9.17, 15) is 4.79 Å². The van der Waals surface area contributed by atoms with Gasteiger partial charge < -0.3 is 10.5 Å². The highest BCUT2D eigenvalue weighted by Gasteiger charge is 2.49. The van der Waals surface area contributed by atoms with Crippen molar-refractivity contribution in [2.24, 2.45) is 11.7 Å². The summed E-state index contributed by atoms with van der Waals surface area (Å²) in [7, 11) is 0. The molecule has 1 heterocycles. The van der Waals surface area contributed by atoms with Crippen molar-refractivity contribution < 1.29 is 9.53 Å². The topological polar surface area (TPSA) is 55.6 Å². The summed E-state index contributed by atoms with van der Waals surface area (Å²) in [6.07, 6.45) is 0. The molecule has 1 rings (SSSR count). The molecular formula is C8H15NO2. The smallest absolute Gasteiger partial charge is 0.183 e. The maximum absolute atomic E-state index is 11.4. The highest BCUT2D eigenvalue weighted by Crippen LogP contribution is 2.28. The molecule has 0 unspecified atom stereocenters. The fourth-order valence-corrected chi connectivity index (χ4v) is 0.906. The molecule has 0 bridgehead atoms. The van der Waals surface area contributed by atoms with E-state index in [0.29, 0.717) is 6.61 Å². The third kappa shape index (κ3) is 1.60. The number of ether oxygens (including phenoxy) is 1. The molecule has 3 heteroatoms. The Labute approximate surface area is 66.9 Å². The van der Waals surface area contributed by atoms with Gasteiger partial charge in [-0.05, 0) is 12.8 Å². The summed E-state index contributed by atoms with van der Waals surface area (Å²) in [4.78, 5) is 11.4. The van der Waals surface area contributed by atoms with Crippen LogP contribution in [0.25, 0.3) is 0 Å². The molecule has 0 aliphatic carbocycles. The molecule has 0 amide bonds. The van der Waals surface area contributed by atoms with Crippen molar-refractivity contribution in [2.45, 2.75) is 32.4 Å². The highest BCUT2D eigenvalue weighted by atomic mass is 16.6. The van der Waals surface area contributed by atoms with Gasteiger partial charge in [0, 0.05) is 0 Å². The van der Waals surface area contributed by atoms with E-state index in [1.54, 1.807) is 6.92 Å². The van der Waals surface area contributed by atoms with Crippen LogP contribution < -0.4 is 5.73 Å². The molecule has 1 fully saturated rings. The number of Topliss-reactive ketones (excluding diaryl/α,β-unsaturated/α-hetero) is 1. The number of hydrogen-bond acceptors (Lipinski definition) is 3. The Morgan fingerprint density at radius 1 is 1.64 bits per heavy atom. The number of carbonyl (C=O) groups excluding carboxylic acids is 1. The summed E-state index contributed by atoms with van der Waals surface area (Å²) in [5, 5.41) is 0. The lowest BCUT2D eigenvalue weighted by Gasteiger charge is -2.15. The lowest BCUT2D eigenvalue weighted by atomic mass is 9.93. The van der Waals surface area contributed by atoms with E-state index >= 15 is 0 Å². The van der Waals surface area contributed by atoms with Crippen molar-refractivity contribution in [1.29, 1.82) is 0 Å². The quantitative estimate of drug-likeness (QED) is 0.600. The molecule has 0 radical (unpaired) electrons. The normalized spacial score (nSPS) is 32.1. The van der Waals surface area contributed by atoms with E-state index in [1.165, 1.54) is 0 Å².